The van der Waals surface area contributed by atoms with Crippen molar-refractivity contribution in [2.75, 3.05) is 9.80 Å². The molecule has 0 unspecified atom stereocenters. The maximum atomic E-state index is 2.49. The van der Waals surface area contributed by atoms with Gasteiger partial charge in [0.05, 0.1) is 11.4 Å². The number of rotatable bonds is 10. The first-order valence-electron chi connectivity index (χ1n) is 21.9. The van der Waals surface area contributed by atoms with Gasteiger partial charge in [-0.05, 0) is 121 Å². The smallest absolute Gasteiger partial charge is 0.0619 e. The fourth-order valence-electron chi connectivity index (χ4n) is 9.21. The fourth-order valence-corrected chi connectivity index (χ4v) is 9.21. The lowest BCUT2D eigenvalue weighted by Gasteiger charge is -2.34. The van der Waals surface area contributed by atoms with E-state index in [-0.39, 0.29) is 10.8 Å². The maximum Gasteiger partial charge on any atom is 0.0619 e. The van der Waals surface area contributed by atoms with E-state index in [1.54, 1.807) is 0 Å². The minimum absolute atomic E-state index is 0.153. The molecule has 2 heteroatoms. The first-order valence-corrected chi connectivity index (χ1v) is 21.9. The van der Waals surface area contributed by atoms with Crippen LogP contribution >= 0.6 is 0 Å². The summed E-state index contributed by atoms with van der Waals surface area (Å²) in [7, 11) is 0. The van der Waals surface area contributed by atoms with Crippen molar-refractivity contribution in [1.29, 1.82) is 0 Å². The number of anilines is 6. The summed E-state index contributed by atoms with van der Waals surface area (Å²) in [5, 5.41) is 4.74. The highest BCUT2D eigenvalue weighted by Gasteiger charge is 2.28. The molecular formula is C60H56N2. The lowest BCUT2D eigenvalue weighted by Crippen LogP contribution is -2.19. The molecule has 9 aromatic rings. The Bertz CT molecular complexity index is 2770. The Morgan fingerprint density at radius 2 is 0.548 bits per heavy atom. The summed E-state index contributed by atoms with van der Waals surface area (Å²) in [5.74, 6) is 0. The Hall–Kier alpha value is -6.90. The van der Waals surface area contributed by atoms with Crippen LogP contribution in [0.15, 0.2) is 194 Å². The first-order chi connectivity index (χ1) is 29.9. The predicted molar refractivity (Wildman–Crippen MR) is 267 cm³/mol. The molecule has 0 heterocycles. The number of nitrogens with zero attached hydrogens (tertiary/aromatic N) is 2. The lowest BCUT2D eigenvalue weighted by molar-refractivity contribution is 0.641. The largest absolute Gasteiger partial charge is 0.309 e. The molecule has 0 fully saturated rings. The van der Waals surface area contributed by atoms with Gasteiger partial charge in [-0.2, -0.15) is 0 Å². The number of hydrogen-bond donors (Lipinski definition) is 0. The molecule has 0 N–H and O–H groups in total. The van der Waals surface area contributed by atoms with Crippen LogP contribution in [0.2, 0.25) is 0 Å². The fraction of sp³-hybridized carbons (Fsp3) is 0.167. The number of benzene rings is 9. The second-order valence-corrected chi connectivity index (χ2v) is 18.1. The summed E-state index contributed by atoms with van der Waals surface area (Å²) in [6, 6.07) is 71.9. The van der Waals surface area contributed by atoms with Gasteiger partial charge in [-0.15, -0.1) is 0 Å². The van der Waals surface area contributed by atoms with Gasteiger partial charge in [-0.25, -0.2) is 0 Å². The third-order valence-electron chi connectivity index (χ3n) is 13.5. The second kappa shape index (κ2) is 16.2. The molecule has 0 atom stereocenters. The van der Waals surface area contributed by atoms with Gasteiger partial charge in [-0.3, -0.25) is 0 Å². The molecule has 0 amide bonds. The molecule has 0 saturated carbocycles. The number of hydrogen-bond acceptors (Lipinski definition) is 2. The Kier molecular flexibility index (Phi) is 10.6. The first kappa shape index (κ1) is 40.5. The minimum Gasteiger partial charge on any atom is -0.309 e. The highest BCUT2D eigenvalue weighted by molar-refractivity contribution is 6.23. The average molecular weight is 805 g/mol. The normalized spacial score (nSPS) is 11.9. The number of aryl methyl sites for hydroxylation is 4. The van der Waals surface area contributed by atoms with E-state index < -0.39 is 0 Å². The van der Waals surface area contributed by atoms with Crippen molar-refractivity contribution >= 4 is 55.7 Å². The molecule has 0 spiro atoms. The molecule has 0 aliphatic heterocycles. The summed E-state index contributed by atoms with van der Waals surface area (Å²) in [4.78, 5) is 4.97. The number of fused-ring (bicyclic) bond motifs is 2. The Morgan fingerprint density at radius 1 is 0.274 bits per heavy atom. The van der Waals surface area contributed by atoms with Crippen LogP contribution in [0.25, 0.3) is 21.5 Å². The molecule has 2 nitrogen and oxygen atoms in total. The van der Waals surface area contributed by atoms with Crippen molar-refractivity contribution in [3.8, 4) is 0 Å². The molecule has 0 radical (unpaired) electrons. The van der Waals surface area contributed by atoms with E-state index in [0.29, 0.717) is 0 Å². The molecule has 0 aromatic heterocycles. The van der Waals surface area contributed by atoms with Gasteiger partial charge in [-0.1, -0.05) is 173 Å². The van der Waals surface area contributed by atoms with Gasteiger partial charge in [0.2, 0.25) is 0 Å². The third-order valence-corrected chi connectivity index (χ3v) is 13.5. The summed E-state index contributed by atoms with van der Waals surface area (Å²) >= 11 is 0. The average Bonchev–Trinajstić information content (AvgIpc) is 3.30. The van der Waals surface area contributed by atoms with Crippen LogP contribution in [0.5, 0.6) is 0 Å². The van der Waals surface area contributed by atoms with Crippen LogP contribution < -0.4 is 9.80 Å². The van der Waals surface area contributed by atoms with E-state index >= 15 is 0 Å². The zero-order chi connectivity index (χ0) is 43.2. The Balaban J connectivity index is 1.29. The minimum atomic E-state index is -0.153. The summed E-state index contributed by atoms with van der Waals surface area (Å²) < 4.78 is 0. The highest BCUT2D eigenvalue weighted by Crippen LogP contribution is 2.51. The summed E-state index contributed by atoms with van der Waals surface area (Å²) in [5.41, 5.74) is 16.8. The Labute approximate surface area is 368 Å². The van der Waals surface area contributed by atoms with Crippen molar-refractivity contribution in [2.45, 2.75) is 66.2 Å². The quantitative estimate of drug-likeness (QED) is 0.100. The van der Waals surface area contributed by atoms with Gasteiger partial charge in [0.25, 0.3) is 0 Å². The van der Waals surface area contributed by atoms with Crippen molar-refractivity contribution in [2.24, 2.45) is 0 Å². The van der Waals surface area contributed by atoms with Gasteiger partial charge in [0.15, 0.2) is 0 Å². The predicted octanol–water partition coefficient (Wildman–Crippen LogP) is 16.8. The molecule has 0 aliphatic carbocycles. The molecule has 306 valence electrons. The van der Waals surface area contributed by atoms with Crippen molar-refractivity contribution in [3.63, 3.8) is 0 Å². The third kappa shape index (κ3) is 7.24. The van der Waals surface area contributed by atoms with Crippen molar-refractivity contribution in [3.05, 3.63) is 239 Å². The molecule has 0 saturated heterocycles. The van der Waals surface area contributed by atoms with Crippen LogP contribution in [0, 0.1) is 27.7 Å². The zero-order valence-corrected chi connectivity index (χ0v) is 37.4. The second-order valence-electron chi connectivity index (χ2n) is 18.1. The van der Waals surface area contributed by atoms with E-state index in [1.807, 2.05) is 0 Å². The van der Waals surface area contributed by atoms with Gasteiger partial charge in [0.1, 0.15) is 0 Å². The standard InChI is InChI=1S/C60H56N2/c1-41-27-33-51(39-43(41)3)61(49-35-29-47(30-36-49)59(5,6)45-19-11-9-12-20-45)57-53-23-15-17-25-55(53)58(56-26-18-16-24-54(56)57)62(52-34-28-42(2)44(4)40-52)50-37-31-48(32-38-50)60(7,8)46-21-13-10-14-22-46/h9-40H,1-8H3. The van der Waals surface area contributed by atoms with Crippen molar-refractivity contribution < 1.29 is 0 Å². The summed E-state index contributed by atoms with van der Waals surface area (Å²) in [6.07, 6.45) is 0. The van der Waals surface area contributed by atoms with Gasteiger partial charge < -0.3 is 9.80 Å². The molecule has 9 rings (SSSR count). The van der Waals surface area contributed by atoms with Crippen LogP contribution in [-0.4, -0.2) is 0 Å². The van der Waals surface area contributed by atoms with Crippen LogP contribution in [0.4, 0.5) is 34.1 Å². The Morgan fingerprint density at radius 3 is 0.855 bits per heavy atom. The van der Waals surface area contributed by atoms with Gasteiger partial charge >= 0.3 is 0 Å². The topological polar surface area (TPSA) is 6.48 Å². The highest BCUT2D eigenvalue weighted by atomic mass is 15.2. The molecule has 62 heavy (non-hydrogen) atoms. The van der Waals surface area contributed by atoms with Crippen molar-refractivity contribution in [1.82, 2.24) is 0 Å². The van der Waals surface area contributed by atoms with Gasteiger partial charge in [0, 0.05) is 55.1 Å². The van der Waals surface area contributed by atoms with E-state index in [1.165, 1.54) is 77.4 Å². The molecule has 0 bridgehead atoms. The van der Waals surface area contributed by atoms with Crippen LogP contribution in [0.3, 0.4) is 0 Å². The monoisotopic (exact) mass is 804 g/mol. The van der Waals surface area contributed by atoms with E-state index in [9.17, 15) is 0 Å². The lowest BCUT2D eigenvalue weighted by atomic mass is 9.78. The van der Waals surface area contributed by atoms with Crippen LogP contribution in [0.1, 0.15) is 72.2 Å². The molecule has 9 aromatic carbocycles. The van der Waals surface area contributed by atoms with E-state index in [4.69, 9.17) is 0 Å². The SMILES string of the molecule is Cc1ccc(N(c2ccc(C(C)(C)c3ccccc3)cc2)c2c3ccccc3c(N(c3ccc(C(C)(C)c4ccccc4)cc3)c3ccc(C)c(C)c3)c3ccccc23)cc1C. The maximum absolute atomic E-state index is 2.49. The van der Waals surface area contributed by atoms with Crippen LogP contribution in [-0.2, 0) is 10.8 Å². The van der Waals surface area contributed by atoms with E-state index in [2.05, 4.69) is 259 Å². The molecule has 0 aliphatic rings. The zero-order valence-electron chi connectivity index (χ0n) is 37.4. The van der Waals surface area contributed by atoms with E-state index in [0.717, 1.165) is 22.7 Å². The summed E-state index contributed by atoms with van der Waals surface area (Å²) in [6.45, 7) is 18.1. The molecular weight excluding hydrogens is 749 g/mol.